The molecular weight excluding hydrogens is 132 g/mol. The van der Waals surface area contributed by atoms with Gasteiger partial charge < -0.3 is 0 Å². The molecule has 2 unspecified atom stereocenters. The molecule has 0 nitrogen and oxygen atoms in total. The van der Waals surface area contributed by atoms with Crippen LogP contribution in [0.5, 0.6) is 0 Å². The summed E-state index contributed by atoms with van der Waals surface area (Å²) >= 11 is 0. The molecule has 2 saturated carbocycles. The first-order valence-electron chi connectivity index (χ1n) is 4.98. The van der Waals surface area contributed by atoms with E-state index < -0.39 is 0 Å². The third kappa shape index (κ3) is 1.50. The Kier molecular flexibility index (Phi) is 1.78. The topological polar surface area (TPSA) is 0 Å². The fraction of sp³-hybridized carbons (Fsp3) is 0.818. The molecule has 11 heavy (non-hydrogen) atoms. The van der Waals surface area contributed by atoms with Gasteiger partial charge in [-0.05, 0) is 43.9 Å². The molecule has 0 radical (unpaired) electrons. The Labute approximate surface area is 69.7 Å². The fourth-order valence-electron chi connectivity index (χ4n) is 2.26. The zero-order chi connectivity index (χ0) is 7.84. The minimum absolute atomic E-state index is 0.920. The standard InChI is InChI=1S/C11H18/c1-8-3-4-9(2)11(7-8)10-5-6-10/h8-9H,3-7H2,1-2H3. The molecular formula is C11H18. The number of allylic oxidation sites excluding steroid dienone is 2. The molecule has 2 fully saturated rings. The van der Waals surface area contributed by atoms with Crippen LogP contribution in [0, 0.1) is 11.8 Å². The predicted molar refractivity (Wildman–Crippen MR) is 48.4 cm³/mol. The normalized spacial score (nSPS) is 37.6. The van der Waals surface area contributed by atoms with Gasteiger partial charge in [0, 0.05) is 0 Å². The third-order valence-corrected chi connectivity index (χ3v) is 3.21. The van der Waals surface area contributed by atoms with Gasteiger partial charge in [-0.2, -0.15) is 0 Å². The molecule has 0 heteroatoms. The highest BCUT2D eigenvalue weighted by Gasteiger charge is 2.26. The van der Waals surface area contributed by atoms with Crippen LogP contribution >= 0.6 is 0 Å². The maximum atomic E-state index is 2.41. The monoisotopic (exact) mass is 150 g/mol. The average molecular weight is 150 g/mol. The highest BCUT2D eigenvalue weighted by atomic mass is 14.3. The van der Waals surface area contributed by atoms with Crippen LogP contribution in [0.15, 0.2) is 11.1 Å². The summed E-state index contributed by atoms with van der Waals surface area (Å²) in [5, 5.41) is 0. The SMILES string of the molecule is CC1CCC(C)C(=C2CC2)C1. The summed E-state index contributed by atoms with van der Waals surface area (Å²) in [5.74, 6) is 1.89. The Morgan fingerprint density at radius 2 is 1.82 bits per heavy atom. The van der Waals surface area contributed by atoms with Crippen molar-refractivity contribution in [3.63, 3.8) is 0 Å². The van der Waals surface area contributed by atoms with Crippen molar-refractivity contribution < 1.29 is 0 Å². The Balaban J connectivity index is 2.11. The van der Waals surface area contributed by atoms with Crippen molar-refractivity contribution >= 4 is 0 Å². The molecule has 0 N–H and O–H groups in total. The lowest BCUT2D eigenvalue weighted by Crippen LogP contribution is -2.12. The van der Waals surface area contributed by atoms with Gasteiger partial charge in [0.1, 0.15) is 0 Å². The highest BCUT2D eigenvalue weighted by molar-refractivity contribution is 5.27. The van der Waals surface area contributed by atoms with Crippen molar-refractivity contribution in [2.45, 2.75) is 46.0 Å². The maximum absolute atomic E-state index is 2.41. The molecule has 0 aliphatic heterocycles. The molecule has 0 heterocycles. The molecule has 0 aromatic carbocycles. The van der Waals surface area contributed by atoms with Crippen LogP contribution in [0.3, 0.4) is 0 Å². The first-order valence-corrected chi connectivity index (χ1v) is 4.98. The third-order valence-electron chi connectivity index (χ3n) is 3.21. The van der Waals surface area contributed by atoms with Crippen molar-refractivity contribution in [3.8, 4) is 0 Å². The van der Waals surface area contributed by atoms with Crippen molar-refractivity contribution in [2.75, 3.05) is 0 Å². The summed E-state index contributed by atoms with van der Waals surface area (Å²) in [6.07, 6.45) is 7.16. The van der Waals surface area contributed by atoms with E-state index in [2.05, 4.69) is 13.8 Å². The number of rotatable bonds is 0. The molecule has 0 spiro atoms. The average Bonchev–Trinajstić information content (AvgIpc) is 2.76. The summed E-state index contributed by atoms with van der Waals surface area (Å²) in [6, 6.07) is 0. The van der Waals surface area contributed by atoms with E-state index in [1.54, 1.807) is 0 Å². The van der Waals surface area contributed by atoms with E-state index in [-0.39, 0.29) is 0 Å². The molecule has 2 aliphatic carbocycles. The van der Waals surface area contributed by atoms with Gasteiger partial charge >= 0.3 is 0 Å². The summed E-state index contributed by atoms with van der Waals surface area (Å²) < 4.78 is 0. The number of hydrogen-bond acceptors (Lipinski definition) is 0. The summed E-state index contributed by atoms with van der Waals surface area (Å²) in [6.45, 7) is 4.81. The van der Waals surface area contributed by atoms with E-state index in [0.29, 0.717) is 0 Å². The zero-order valence-corrected chi connectivity index (χ0v) is 7.69. The van der Waals surface area contributed by atoms with Crippen LogP contribution in [-0.4, -0.2) is 0 Å². The second-order valence-corrected chi connectivity index (χ2v) is 4.42. The lowest BCUT2D eigenvalue weighted by Gasteiger charge is -2.26. The van der Waals surface area contributed by atoms with Crippen LogP contribution in [0.25, 0.3) is 0 Å². The second kappa shape index (κ2) is 2.66. The second-order valence-electron chi connectivity index (χ2n) is 4.42. The van der Waals surface area contributed by atoms with Crippen molar-refractivity contribution in [2.24, 2.45) is 11.8 Å². The maximum Gasteiger partial charge on any atom is -0.0229 e. The van der Waals surface area contributed by atoms with Crippen LogP contribution in [0.4, 0.5) is 0 Å². The molecule has 2 atom stereocenters. The number of hydrogen-bond donors (Lipinski definition) is 0. The molecule has 0 saturated heterocycles. The Bertz CT molecular complexity index is 182. The zero-order valence-electron chi connectivity index (χ0n) is 7.69. The lowest BCUT2D eigenvalue weighted by atomic mass is 9.79. The molecule has 0 aromatic rings. The lowest BCUT2D eigenvalue weighted by molar-refractivity contribution is 0.385. The van der Waals surface area contributed by atoms with E-state index in [1.165, 1.54) is 32.1 Å². The van der Waals surface area contributed by atoms with Gasteiger partial charge in [-0.3, -0.25) is 0 Å². The van der Waals surface area contributed by atoms with E-state index in [1.807, 2.05) is 11.1 Å². The van der Waals surface area contributed by atoms with Gasteiger partial charge in [0.15, 0.2) is 0 Å². The predicted octanol–water partition coefficient (Wildman–Crippen LogP) is 3.53. The summed E-state index contributed by atoms with van der Waals surface area (Å²) in [7, 11) is 0. The van der Waals surface area contributed by atoms with Crippen LogP contribution < -0.4 is 0 Å². The van der Waals surface area contributed by atoms with E-state index in [9.17, 15) is 0 Å². The minimum Gasteiger partial charge on any atom is -0.0701 e. The molecule has 0 bridgehead atoms. The van der Waals surface area contributed by atoms with Gasteiger partial charge in [0.05, 0.1) is 0 Å². The van der Waals surface area contributed by atoms with Gasteiger partial charge in [0.2, 0.25) is 0 Å². The molecule has 0 aromatic heterocycles. The smallest absolute Gasteiger partial charge is 0.0229 e. The quantitative estimate of drug-likeness (QED) is 0.463. The van der Waals surface area contributed by atoms with Crippen LogP contribution in [0.1, 0.15) is 46.0 Å². The first kappa shape index (κ1) is 7.39. The van der Waals surface area contributed by atoms with Gasteiger partial charge in [-0.1, -0.05) is 25.0 Å². The van der Waals surface area contributed by atoms with E-state index in [0.717, 1.165) is 11.8 Å². The van der Waals surface area contributed by atoms with Gasteiger partial charge in [-0.25, -0.2) is 0 Å². The fourth-order valence-corrected chi connectivity index (χ4v) is 2.26. The Morgan fingerprint density at radius 3 is 2.45 bits per heavy atom. The Hall–Kier alpha value is -0.260. The summed E-state index contributed by atoms with van der Waals surface area (Å²) in [5.41, 5.74) is 3.65. The van der Waals surface area contributed by atoms with E-state index in [4.69, 9.17) is 0 Å². The van der Waals surface area contributed by atoms with Crippen molar-refractivity contribution in [1.82, 2.24) is 0 Å². The highest BCUT2D eigenvalue weighted by Crippen LogP contribution is 2.42. The minimum atomic E-state index is 0.920. The molecule has 2 aliphatic rings. The molecule has 62 valence electrons. The van der Waals surface area contributed by atoms with Gasteiger partial charge in [-0.15, -0.1) is 0 Å². The van der Waals surface area contributed by atoms with Crippen LogP contribution in [-0.2, 0) is 0 Å². The Morgan fingerprint density at radius 1 is 1.09 bits per heavy atom. The first-order chi connectivity index (χ1) is 5.27. The molecule has 2 rings (SSSR count). The van der Waals surface area contributed by atoms with E-state index >= 15 is 0 Å². The largest absolute Gasteiger partial charge is 0.0701 e. The van der Waals surface area contributed by atoms with Crippen LogP contribution in [0.2, 0.25) is 0 Å². The van der Waals surface area contributed by atoms with Crippen molar-refractivity contribution in [3.05, 3.63) is 11.1 Å². The van der Waals surface area contributed by atoms with Crippen molar-refractivity contribution in [1.29, 1.82) is 0 Å². The molecule has 0 amide bonds. The van der Waals surface area contributed by atoms with Gasteiger partial charge in [0.25, 0.3) is 0 Å². The summed E-state index contributed by atoms with van der Waals surface area (Å²) in [4.78, 5) is 0.